The number of amides is 1. The number of carbonyl (C=O) groups is 1. The van der Waals surface area contributed by atoms with E-state index in [0.29, 0.717) is 19.1 Å². The van der Waals surface area contributed by atoms with Crippen LogP contribution in [0.25, 0.3) is 0 Å². The van der Waals surface area contributed by atoms with Gasteiger partial charge in [-0.3, -0.25) is 4.79 Å². The lowest BCUT2D eigenvalue weighted by molar-refractivity contribution is -0.122. The van der Waals surface area contributed by atoms with E-state index < -0.39 is 0 Å². The Morgan fingerprint density at radius 3 is 2.50 bits per heavy atom. The summed E-state index contributed by atoms with van der Waals surface area (Å²) in [5.41, 5.74) is 0. The summed E-state index contributed by atoms with van der Waals surface area (Å²) in [4.78, 5) is 11.4. The molecule has 0 heterocycles. The van der Waals surface area contributed by atoms with Crippen LogP contribution in [0.3, 0.4) is 0 Å². The van der Waals surface area contributed by atoms with Gasteiger partial charge in [0.05, 0.1) is 12.6 Å². The Bertz CT molecular complexity index is 160. The van der Waals surface area contributed by atoms with Crippen molar-refractivity contribution >= 4 is 5.91 Å². The summed E-state index contributed by atoms with van der Waals surface area (Å²) in [6, 6.07) is -0.149. The molecule has 0 aromatic rings. The van der Waals surface area contributed by atoms with Gasteiger partial charge in [0, 0.05) is 20.2 Å². The second kappa shape index (κ2) is 7.76. The van der Waals surface area contributed by atoms with E-state index in [4.69, 9.17) is 4.74 Å². The fraction of sp³-hybridized carbons (Fsp3) is 0.900. The monoisotopic (exact) mass is 202 g/mol. The minimum Gasteiger partial charge on any atom is -0.383 e. The average Bonchev–Trinajstić information content (AvgIpc) is 2.14. The molecule has 1 amide bonds. The average molecular weight is 202 g/mol. The van der Waals surface area contributed by atoms with E-state index in [0.717, 1.165) is 6.54 Å². The van der Waals surface area contributed by atoms with E-state index in [1.165, 1.54) is 0 Å². The van der Waals surface area contributed by atoms with Gasteiger partial charge in [-0.15, -0.1) is 0 Å². The zero-order chi connectivity index (χ0) is 11.0. The molecule has 0 rings (SSSR count). The molecule has 0 fully saturated rings. The Hall–Kier alpha value is -0.610. The smallest absolute Gasteiger partial charge is 0.236 e. The van der Waals surface area contributed by atoms with Crippen LogP contribution in [0.15, 0.2) is 0 Å². The van der Waals surface area contributed by atoms with Crippen LogP contribution >= 0.6 is 0 Å². The van der Waals surface area contributed by atoms with Gasteiger partial charge in [-0.2, -0.15) is 0 Å². The number of methoxy groups -OCH3 is 1. The molecule has 1 atom stereocenters. The molecule has 0 aliphatic heterocycles. The van der Waals surface area contributed by atoms with Crippen molar-refractivity contribution in [2.24, 2.45) is 5.92 Å². The highest BCUT2D eigenvalue weighted by molar-refractivity contribution is 5.81. The van der Waals surface area contributed by atoms with Gasteiger partial charge in [-0.25, -0.2) is 0 Å². The minimum absolute atomic E-state index is 0.0507. The van der Waals surface area contributed by atoms with Crippen molar-refractivity contribution in [3.63, 3.8) is 0 Å². The Kier molecular flexibility index (Phi) is 7.42. The third-order valence-electron chi connectivity index (χ3n) is 1.83. The Labute approximate surface area is 86.4 Å². The molecular formula is C10H22N2O2. The first kappa shape index (κ1) is 13.4. The molecule has 0 aromatic heterocycles. The normalized spacial score (nSPS) is 12.9. The van der Waals surface area contributed by atoms with Gasteiger partial charge >= 0.3 is 0 Å². The highest BCUT2D eigenvalue weighted by Crippen LogP contribution is 1.88. The van der Waals surface area contributed by atoms with E-state index in [2.05, 4.69) is 24.5 Å². The number of carbonyl (C=O) groups excluding carboxylic acids is 1. The van der Waals surface area contributed by atoms with Gasteiger partial charge in [0.15, 0.2) is 0 Å². The van der Waals surface area contributed by atoms with E-state index in [1.54, 1.807) is 7.11 Å². The molecule has 0 aromatic carbocycles. The zero-order valence-corrected chi connectivity index (χ0v) is 9.59. The second-order valence-corrected chi connectivity index (χ2v) is 3.81. The van der Waals surface area contributed by atoms with Gasteiger partial charge in [0.1, 0.15) is 0 Å². The van der Waals surface area contributed by atoms with Crippen molar-refractivity contribution < 1.29 is 9.53 Å². The van der Waals surface area contributed by atoms with Gasteiger partial charge in [0.2, 0.25) is 5.91 Å². The summed E-state index contributed by atoms with van der Waals surface area (Å²) >= 11 is 0. The summed E-state index contributed by atoms with van der Waals surface area (Å²) < 4.78 is 4.88. The SMILES string of the molecule is COCCNC(C)C(=O)NCC(C)C. The molecule has 4 nitrogen and oxygen atoms in total. The summed E-state index contributed by atoms with van der Waals surface area (Å²) in [7, 11) is 1.64. The lowest BCUT2D eigenvalue weighted by atomic mass is 10.2. The maximum Gasteiger partial charge on any atom is 0.236 e. The van der Waals surface area contributed by atoms with E-state index in [-0.39, 0.29) is 11.9 Å². The first-order chi connectivity index (χ1) is 6.57. The molecule has 14 heavy (non-hydrogen) atoms. The predicted octanol–water partition coefficient (Wildman–Crippen LogP) is 0.383. The third kappa shape index (κ3) is 6.86. The lowest BCUT2D eigenvalue weighted by Gasteiger charge is -2.14. The summed E-state index contributed by atoms with van der Waals surface area (Å²) in [6.45, 7) is 8.06. The number of ether oxygens (including phenoxy) is 1. The third-order valence-corrected chi connectivity index (χ3v) is 1.83. The fourth-order valence-corrected chi connectivity index (χ4v) is 0.928. The van der Waals surface area contributed by atoms with Gasteiger partial charge in [-0.1, -0.05) is 13.8 Å². The summed E-state index contributed by atoms with van der Waals surface area (Å²) in [5.74, 6) is 0.542. The van der Waals surface area contributed by atoms with Crippen LogP contribution in [-0.4, -0.2) is 38.8 Å². The maximum atomic E-state index is 11.4. The highest BCUT2D eigenvalue weighted by atomic mass is 16.5. The van der Waals surface area contributed by atoms with Crippen molar-refractivity contribution in [1.29, 1.82) is 0 Å². The number of rotatable bonds is 7. The van der Waals surface area contributed by atoms with Crippen LogP contribution in [0, 0.1) is 5.92 Å². The molecular weight excluding hydrogens is 180 g/mol. The van der Waals surface area contributed by atoms with E-state index in [1.807, 2.05) is 6.92 Å². The standard InChI is InChI=1S/C10H22N2O2/c1-8(2)7-12-10(13)9(3)11-5-6-14-4/h8-9,11H,5-7H2,1-4H3,(H,12,13). The molecule has 0 aliphatic rings. The fourth-order valence-electron chi connectivity index (χ4n) is 0.928. The van der Waals surface area contributed by atoms with Gasteiger partial charge < -0.3 is 15.4 Å². The first-order valence-electron chi connectivity index (χ1n) is 5.08. The molecule has 4 heteroatoms. The quantitative estimate of drug-likeness (QED) is 0.587. The van der Waals surface area contributed by atoms with Crippen LogP contribution in [-0.2, 0) is 9.53 Å². The molecule has 0 saturated carbocycles. The van der Waals surface area contributed by atoms with Crippen LogP contribution in [0.5, 0.6) is 0 Å². The second-order valence-electron chi connectivity index (χ2n) is 3.81. The topological polar surface area (TPSA) is 50.4 Å². The molecule has 0 spiro atoms. The van der Waals surface area contributed by atoms with E-state index >= 15 is 0 Å². The predicted molar refractivity (Wildman–Crippen MR) is 57.2 cm³/mol. The van der Waals surface area contributed by atoms with Crippen LogP contribution in [0.2, 0.25) is 0 Å². The minimum atomic E-state index is -0.149. The maximum absolute atomic E-state index is 11.4. The first-order valence-corrected chi connectivity index (χ1v) is 5.08. The van der Waals surface area contributed by atoms with E-state index in [9.17, 15) is 4.79 Å². The van der Waals surface area contributed by atoms with Crippen molar-refractivity contribution in [2.45, 2.75) is 26.8 Å². The molecule has 0 bridgehead atoms. The largest absolute Gasteiger partial charge is 0.383 e. The van der Waals surface area contributed by atoms with Gasteiger partial charge in [0.25, 0.3) is 0 Å². The van der Waals surface area contributed by atoms with Crippen LogP contribution in [0.4, 0.5) is 0 Å². The molecule has 0 saturated heterocycles. The van der Waals surface area contributed by atoms with Crippen molar-refractivity contribution in [3.05, 3.63) is 0 Å². The molecule has 0 aliphatic carbocycles. The summed E-state index contributed by atoms with van der Waals surface area (Å²) in [6.07, 6.45) is 0. The highest BCUT2D eigenvalue weighted by Gasteiger charge is 2.10. The van der Waals surface area contributed by atoms with Crippen LogP contribution < -0.4 is 10.6 Å². The number of hydrogen-bond acceptors (Lipinski definition) is 3. The number of nitrogens with one attached hydrogen (secondary N) is 2. The van der Waals surface area contributed by atoms with Crippen molar-refractivity contribution in [2.75, 3.05) is 26.8 Å². The molecule has 1 unspecified atom stereocenters. The van der Waals surface area contributed by atoms with Crippen LogP contribution in [0.1, 0.15) is 20.8 Å². The van der Waals surface area contributed by atoms with Gasteiger partial charge in [-0.05, 0) is 12.8 Å². The molecule has 2 N–H and O–H groups in total. The Morgan fingerprint density at radius 2 is 2.00 bits per heavy atom. The Morgan fingerprint density at radius 1 is 1.36 bits per heavy atom. The van der Waals surface area contributed by atoms with Crippen molar-refractivity contribution in [1.82, 2.24) is 10.6 Å². The zero-order valence-electron chi connectivity index (χ0n) is 9.59. The molecule has 0 radical (unpaired) electrons. The van der Waals surface area contributed by atoms with Crippen molar-refractivity contribution in [3.8, 4) is 0 Å². The summed E-state index contributed by atoms with van der Waals surface area (Å²) in [5, 5.41) is 5.94. The Balaban J connectivity index is 3.54. The lowest BCUT2D eigenvalue weighted by Crippen LogP contribution is -2.44. The molecule has 84 valence electrons. The number of hydrogen-bond donors (Lipinski definition) is 2.